The first-order valence-electron chi connectivity index (χ1n) is 10.1. The average molecular weight is 513 g/mol. The predicted molar refractivity (Wildman–Crippen MR) is 131 cm³/mol. The number of benzene rings is 2. The Balaban J connectivity index is 2.85. The van der Waals surface area contributed by atoms with E-state index in [0.29, 0.717) is 18.7 Å². The van der Waals surface area contributed by atoms with E-state index in [2.05, 4.69) is 22.9 Å². The van der Waals surface area contributed by atoms with Gasteiger partial charge in [-0.2, -0.15) is 0 Å². The molecule has 172 valence electrons. The lowest BCUT2D eigenvalue weighted by molar-refractivity contribution is 0.378. The lowest BCUT2D eigenvalue weighted by Gasteiger charge is -2.27. The van der Waals surface area contributed by atoms with E-state index in [9.17, 15) is 0 Å². The van der Waals surface area contributed by atoms with E-state index in [-0.39, 0.29) is 12.0 Å². The smallest absolute Gasteiger partial charge is 0.136 e. The molecule has 6 nitrogen and oxygen atoms in total. The number of ether oxygens (including phenoxy) is 4. The molecule has 2 atom stereocenters. The Bertz CT molecular complexity index is 893. The van der Waals surface area contributed by atoms with Gasteiger partial charge in [-0.3, -0.25) is 0 Å². The molecular weight excluding hydrogens is 480 g/mol. The molecule has 0 aliphatic carbocycles. The van der Waals surface area contributed by atoms with E-state index in [1.807, 2.05) is 25.1 Å². The number of nitrogens with two attached hydrogens (primary N) is 2. The predicted octanol–water partition coefficient (Wildman–Crippen LogP) is 4.58. The van der Waals surface area contributed by atoms with Crippen LogP contribution in [0.2, 0.25) is 0 Å². The molecule has 0 saturated heterocycles. The summed E-state index contributed by atoms with van der Waals surface area (Å²) in [7, 11) is 6.65. The molecule has 1 unspecified atom stereocenters. The minimum absolute atomic E-state index is 0.00920. The standard InChI is InChI=1S/C23H33BrN2O4S/c1-7-31-23-21(20(29-5)9-14(8-13(2)26)22(23)30-6)16(12-25)15-10-19(28-4)17(24)11-18(15)27-3/h9-11,13,16H,7-8,12,25-26H2,1-6H3/t13-,16?/m1/s1. The normalized spacial score (nSPS) is 12.9. The van der Waals surface area contributed by atoms with Crippen LogP contribution >= 0.6 is 27.7 Å². The molecule has 2 aromatic carbocycles. The Hall–Kier alpha value is -1.61. The first-order chi connectivity index (χ1) is 14.9. The highest BCUT2D eigenvalue weighted by atomic mass is 79.9. The molecule has 0 radical (unpaired) electrons. The second-order valence-electron chi connectivity index (χ2n) is 7.15. The lowest BCUT2D eigenvalue weighted by atomic mass is 9.88. The van der Waals surface area contributed by atoms with Crippen LogP contribution < -0.4 is 30.4 Å². The molecule has 0 fully saturated rings. The summed E-state index contributed by atoms with van der Waals surface area (Å²) < 4.78 is 23.8. The third-order valence-electron chi connectivity index (χ3n) is 5.03. The minimum Gasteiger partial charge on any atom is -0.496 e. The van der Waals surface area contributed by atoms with Gasteiger partial charge in [-0.25, -0.2) is 0 Å². The summed E-state index contributed by atoms with van der Waals surface area (Å²) in [6.45, 7) is 4.44. The van der Waals surface area contributed by atoms with E-state index >= 15 is 0 Å². The van der Waals surface area contributed by atoms with E-state index < -0.39 is 0 Å². The van der Waals surface area contributed by atoms with Gasteiger partial charge in [-0.1, -0.05) is 6.92 Å². The summed E-state index contributed by atoms with van der Waals surface area (Å²) in [6, 6.07) is 5.87. The maximum atomic E-state index is 6.36. The Kier molecular flexibility index (Phi) is 9.81. The van der Waals surface area contributed by atoms with Crippen LogP contribution in [0.5, 0.6) is 23.0 Å². The van der Waals surface area contributed by atoms with E-state index in [1.165, 1.54) is 0 Å². The fourth-order valence-electron chi connectivity index (χ4n) is 3.75. The Morgan fingerprint density at radius 1 is 0.968 bits per heavy atom. The van der Waals surface area contributed by atoms with E-state index in [4.69, 9.17) is 30.4 Å². The number of rotatable bonds is 11. The molecule has 2 aromatic rings. The van der Waals surface area contributed by atoms with Crippen molar-refractivity contribution in [2.75, 3.05) is 40.7 Å². The average Bonchev–Trinajstić information content (AvgIpc) is 2.75. The number of halogens is 1. The quantitative estimate of drug-likeness (QED) is 0.426. The van der Waals surface area contributed by atoms with Crippen LogP contribution in [0.4, 0.5) is 0 Å². The van der Waals surface area contributed by atoms with Crippen LogP contribution in [0.15, 0.2) is 27.6 Å². The fourth-order valence-corrected chi connectivity index (χ4v) is 5.26. The molecule has 2 rings (SSSR count). The van der Waals surface area contributed by atoms with E-state index in [0.717, 1.165) is 49.1 Å². The summed E-state index contributed by atoms with van der Waals surface area (Å²) in [5.74, 6) is 3.67. The summed E-state index contributed by atoms with van der Waals surface area (Å²) >= 11 is 5.24. The molecule has 0 aliphatic heterocycles. The Morgan fingerprint density at radius 2 is 1.61 bits per heavy atom. The van der Waals surface area contributed by atoms with E-state index in [1.54, 1.807) is 40.2 Å². The minimum atomic E-state index is -0.195. The van der Waals surface area contributed by atoms with Gasteiger partial charge in [0.15, 0.2) is 0 Å². The fraction of sp³-hybridized carbons (Fsp3) is 0.478. The highest BCUT2D eigenvalue weighted by Gasteiger charge is 2.29. The Morgan fingerprint density at radius 3 is 2.10 bits per heavy atom. The number of hydrogen-bond donors (Lipinski definition) is 2. The van der Waals surface area contributed by atoms with Crippen LogP contribution in [-0.2, 0) is 6.42 Å². The third kappa shape index (κ3) is 5.61. The van der Waals surface area contributed by atoms with Gasteiger partial charge in [0.05, 0.1) is 37.8 Å². The topological polar surface area (TPSA) is 89.0 Å². The van der Waals surface area contributed by atoms with Crippen molar-refractivity contribution in [2.24, 2.45) is 11.5 Å². The molecule has 0 heterocycles. The van der Waals surface area contributed by atoms with Gasteiger partial charge in [0.2, 0.25) is 0 Å². The van der Waals surface area contributed by atoms with Crippen molar-refractivity contribution >= 4 is 27.7 Å². The van der Waals surface area contributed by atoms with Crippen LogP contribution in [0.25, 0.3) is 0 Å². The van der Waals surface area contributed by atoms with Gasteiger partial charge in [0.1, 0.15) is 23.0 Å². The Labute approximate surface area is 198 Å². The van der Waals surface area contributed by atoms with Crippen molar-refractivity contribution in [3.8, 4) is 23.0 Å². The first-order valence-corrected chi connectivity index (χ1v) is 11.9. The zero-order valence-electron chi connectivity index (χ0n) is 19.1. The highest BCUT2D eigenvalue weighted by Crippen LogP contribution is 2.48. The van der Waals surface area contributed by atoms with Gasteiger partial charge in [0.25, 0.3) is 0 Å². The monoisotopic (exact) mass is 512 g/mol. The zero-order valence-corrected chi connectivity index (χ0v) is 21.5. The van der Waals surface area contributed by atoms with Crippen molar-refractivity contribution in [1.29, 1.82) is 0 Å². The van der Waals surface area contributed by atoms with Crippen LogP contribution in [0, 0.1) is 0 Å². The molecule has 8 heteroatoms. The second kappa shape index (κ2) is 11.9. The van der Waals surface area contributed by atoms with Crippen LogP contribution in [0.1, 0.15) is 36.5 Å². The maximum absolute atomic E-state index is 6.36. The van der Waals surface area contributed by atoms with Crippen molar-refractivity contribution in [1.82, 2.24) is 0 Å². The van der Waals surface area contributed by atoms with Gasteiger partial charge >= 0.3 is 0 Å². The first kappa shape index (κ1) is 25.6. The molecule has 0 amide bonds. The number of methoxy groups -OCH3 is 4. The number of hydrogen-bond acceptors (Lipinski definition) is 7. The van der Waals surface area contributed by atoms with Gasteiger partial charge in [-0.15, -0.1) is 11.8 Å². The molecule has 4 N–H and O–H groups in total. The molecule has 31 heavy (non-hydrogen) atoms. The number of thioether (sulfide) groups is 1. The summed E-state index contributed by atoms with van der Waals surface area (Å²) in [5.41, 5.74) is 15.4. The van der Waals surface area contributed by atoms with Crippen molar-refractivity contribution in [2.45, 2.75) is 37.1 Å². The second-order valence-corrected chi connectivity index (χ2v) is 9.27. The summed E-state index contributed by atoms with van der Waals surface area (Å²) in [4.78, 5) is 1.01. The molecule has 0 bridgehead atoms. The van der Waals surface area contributed by atoms with Crippen molar-refractivity contribution < 1.29 is 18.9 Å². The van der Waals surface area contributed by atoms with Crippen molar-refractivity contribution in [3.63, 3.8) is 0 Å². The molecule has 0 saturated carbocycles. The lowest BCUT2D eigenvalue weighted by Crippen LogP contribution is -2.20. The summed E-state index contributed by atoms with van der Waals surface area (Å²) in [5, 5.41) is 0. The molecule has 0 aliphatic rings. The van der Waals surface area contributed by atoms with Gasteiger partial charge in [-0.05, 0) is 53.2 Å². The van der Waals surface area contributed by atoms with Gasteiger partial charge in [0, 0.05) is 35.2 Å². The molecular formula is C23H33BrN2O4S. The molecule has 0 spiro atoms. The third-order valence-corrected chi connectivity index (χ3v) is 6.63. The largest absolute Gasteiger partial charge is 0.496 e. The SMILES string of the molecule is CCSc1c(OC)c(C[C@@H](C)N)cc(OC)c1C(CN)c1cc(OC)c(Br)cc1OC. The zero-order chi connectivity index (χ0) is 23.1. The van der Waals surface area contributed by atoms with Crippen LogP contribution in [-0.4, -0.2) is 46.8 Å². The summed E-state index contributed by atoms with van der Waals surface area (Å²) in [6.07, 6.45) is 0.680. The van der Waals surface area contributed by atoms with Crippen LogP contribution in [0.3, 0.4) is 0 Å². The maximum Gasteiger partial charge on any atom is 0.136 e. The highest BCUT2D eigenvalue weighted by molar-refractivity contribution is 9.10. The van der Waals surface area contributed by atoms with Crippen molar-refractivity contribution in [3.05, 3.63) is 39.4 Å². The molecule has 0 aromatic heterocycles. The van der Waals surface area contributed by atoms with Gasteiger partial charge < -0.3 is 30.4 Å².